The highest BCUT2D eigenvalue weighted by molar-refractivity contribution is 7.80. The van der Waals surface area contributed by atoms with Gasteiger partial charge in [0.1, 0.15) is 0 Å². The third-order valence-corrected chi connectivity index (χ3v) is 6.53. The minimum Gasteiger partial charge on any atom is -0.478 e. The van der Waals surface area contributed by atoms with Crippen LogP contribution in [0.1, 0.15) is 55.3 Å². The molecule has 0 saturated heterocycles. The predicted octanol–water partition coefficient (Wildman–Crippen LogP) is 3.80. The lowest BCUT2D eigenvalue weighted by Crippen LogP contribution is -2.48. The smallest absolute Gasteiger partial charge is 0.335 e. The highest BCUT2D eigenvalue weighted by Crippen LogP contribution is 2.61. The Morgan fingerprint density at radius 2 is 1.73 bits per heavy atom. The number of rotatable bonds is 4. The molecule has 1 amide bonds. The Balaban J connectivity index is 1.34. The van der Waals surface area contributed by atoms with Gasteiger partial charge in [0.2, 0.25) is 5.91 Å². The summed E-state index contributed by atoms with van der Waals surface area (Å²) in [6.45, 7) is 0. The summed E-state index contributed by atoms with van der Waals surface area (Å²) in [6.07, 6.45) is 8.20. The molecule has 3 N–H and O–H groups in total. The van der Waals surface area contributed by atoms with E-state index >= 15 is 0 Å². The van der Waals surface area contributed by atoms with Crippen LogP contribution in [0, 0.1) is 23.2 Å². The van der Waals surface area contributed by atoms with Gasteiger partial charge in [-0.25, -0.2) is 4.79 Å². The Morgan fingerprint density at radius 3 is 2.31 bits per heavy atom. The van der Waals surface area contributed by atoms with Gasteiger partial charge in [-0.2, -0.15) is 0 Å². The Hall–Kier alpha value is -1.95. The molecule has 26 heavy (non-hydrogen) atoms. The molecule has 0 radical (unpaired) electrons. The zero-order valence-corrected chi connectivity index (χ0v) is 15.5. The number of carboxylic acids is 1. The minimum absolute atomic E-state index is 0.0289. The van der Waals surface area contributed by atoms with Crippen molar-refractivity contribution in [3.8, 4) is 0 Å². The maximum absolute atomic E-state index is 12.6. The van der Waals surface area contributed by atoms with Crippen molar-refractivity contribution in [1.29, 1.82) is 0 Å². The van der Waals surface area contributed by atoms with Crippen molar-refractivity contribution >= 4 is 34.9 Å². The van der Waals surface area contributed by atoms with E-state index in [1.165, 1.54) is 50.7 Å². The third-order valence-electron chi connectivity index (χ3n) is 6.32. The second-order valence-corrected chi connectivity index (χ2v) is 8.89. The number of thiocarbonyl (C=S) groups is 1. The van der Waals surface area contributed by atoms with Crippen LogP contribution in [-0.2, 0) is 4.79 Å². The number of carbonyl (C=O) groups excluding carboxylic acids is 1. The van der Waals surface area contributed by atoms with Gasteiger partial charge in [0.15, 0.2) is 5.11 Å². The molecule has 0 aliphatic heterocycles. The van der Waals surface area contributed by atoms with Crippen molar-refractivity contribution in [2.45, 2.75) is 44.9 Å². The van der Waals surface area contributed by atoms with E-state index in [2.05, 4.69) is 10.6 Å². The Morgan fingerprint density at radius 1 is 1.12 bits per heavy atom. The van der Waals surface area contributed by atoms with Crippen molar-refractivity contribution in [2.24, 2.45) is 23.2 Å². The fourth-order valence-corrected chi connectivity index (χ4v) is 6.14. The average molecular weight is 372 g/mol. The number of carbonyl (C=O) groups is 2. The van der Waals surface area contributed by atoms with E-state index in [1.807, 2.05) is 0 Å². The van der Waals surface area contributed by atoms with Gasteiger partial charge in [-0.05, 0) is 92.1 Å². The molecule has 0 atom stereocenters. The Labute approximate surface area is 158 Å². The summed E-state index contributed by atoms with van der Waals surface area (Å²) in [5, 5.41) is 15.0. The number of hydrogen-bond acceptors (Lipinski definition) is 3. The van der Waals surface area contributed by atoms with Crippen LogP contribution in [0.15, 0.2) is 24.3 Å². The number of aromatic carboxylic acids is 1. The van der Waals surface area contributed by atoms with Crippen LogP contribution in [0.2, 0.25) is 0 Å². The van der Waals surface area contributed by atoms with Gasteiger partial charge in [0.05, 0.1) is 5.56 Å². The van der Waals surface area contributed by atoms with Crippen LogP contribution in [0.4, 0.5) is 5.69 Å². The van der Waals surface area contributed by atoms with E-state index in [0.717, 1.165) is 17.8 Å². The van der Waals surface area contributed by atoms with Crippen molar-refractivity contribution in [1.82, 2.24) is 5.32 Å². The van der Waals surface area contributed by atoms with E-state index in [4.69, 9.17) is 17.3 Å². The molecule has 1 aromatic carbocycles. The zero-order chi connectivity index (χ0) is 18.3. The number of nitrogens with one attached hydrogen (secondary N) is 2. The molecule has 4 aliphatic carbocycles. The molecule has 0 heterocycles. The summed E-state index contributed by atoms with van der Waals surface area (Å²) >= 11 is 5.24. The topological polar surface area (TPSA) is 78.4 Å². The van der Waals surface area contributed by atoms with Gasteiger partial charge in [-0.1, -0.05) is 6.07 Å². The number of carboxylic acid groups (broad SMARTS) is 1. The second-order valence-electron chi connectivity index (χ2n) is 8.48. The number of hydrogen-bond donors (Lipinski definition) is 3. The van der Waals surface area contributed by atoms with Gasteiger partial charge in [0.25, 0.3) is 0 Å². The highest BCUT2D eigenvalue weighted by Gasteiger charge is 2.51. The van der Waals surface area contributed by atoms with Crippen molar-refractivity contribution < 1.29 is 14.7 Å². The van der Waals surface area contributed by atoms with Gasteiger partial charge >= 0.3 is 5.97 Å². The molecule has 0 unspecified atom stereocenters. The van der Waals surface area contributed by atoms with Gasteiger partial charge in [-0.15, -0.1) is 0 Å². The molecule has 5 nitrogen and oxygen atoms in total. The standard InChI is InChI=1S/C20H24N2O3S/c23-17(11-20-8-12-4-13(9-20)6-14(5-12)10-20)22-19(26)21-16-3-1-2-15(7-16)18(24)25/h1-3,7,12-14H,4-6,8-11H2,(H,24,25)(H2,21,22,23,26). The first-order chi connectivity index (χ1) is 12.4. The van der Waals surface area contributed by atoms with E-state index < -0.39 is 5.97 Å². The quantitative estimate of drug-likeness (QED) is 0.701. The molecular formula is C20H24N2O3S. The monoisotopic (exact) mass is 372 g/mol. The molecule has 4 aliphatic rings. The first-order valence-electron chi connectivity index (χ1n) is 9.35. The SMILES string of the molecule is O=C(CC12CC3CC(CC(C3)C1)C2)NC(=S)Nc1cccc(C(=O)O)c1. The fourth-order valence-electron chi connectivity index (χ4n) is 5.91. The molecule has 4 saturated carbocycles. The summed E-state index contributed by atoms with van der Waals surface area (Å²) in [5.41, 5.74) is 0.917. The summed E-state index contributed by atoms with van der Waals surface area (Å²) in [6, 6.07) is 6.39. The minimum atomic E-state index is -0.995. The molecule has 4 bridgehead atoms. The van der Waals surface area contributed by atoms with Crippen LogP contribution in [0.25, 0.3) is 0 Å². The lowest BCUT2D eigenvalue weighted by Gasteiger charge is -2.56. The van der Waals surface area contributed by atoms with Gasteiger partial charge in [-0.3, -0.25) is 4.79 Å². The van der Waals surface area contributed by atoms with Crippen molar-refractivity contribution in [3.63, 3.8) is 0 Å². The van der Waals surface area contributed by atoms with E-state index in [1.54, 1.807) is 12.1 Å². The fraction of sp³-hybridized carbons (Fsp3) is 0.550. The molecule has 5 rings (SSSR count). The number of benzene rings is 1. The van der Waals surface area contributed by atoms with Crippen LogP contribution in [-0.4, -0.2) is 22.1 Å². The van der Waals surface area contributed by atoms with Crippen LogP contribution < -0.4 is 10.6 Å². The molecule has 1 aromatic rings. The summed E-state index contributed by atoms with van der Waals surface area (Å²) in [5.74, 6) is 1.43. The first kappa shape index (κ1) is 17.5. The summed E-state index contributed by atoms with van der Waals surface area (Å²) in [4.78, 5) is 23.6. The Kier molecular flexibility index (Phi) is 4.47. The van der Waals surface area contributed by atoms with E-state index in [9.17, 15) is 9.59 Å². The zero-order valence-electron chi connectivity index (χ0n) is 14.7. The molecule has 0 aromatic heterocycles. The molecule has 0 spiro atoms. The van der Waals surface area contributed by atoms with Crippen LogP contribution >= 0.6 is 12.2 Å². The Bertz CT molecular complexity index is 726. The maximum Gasteiger partial charge on any atom is 0.335 e. The molecular weight excluding hydrogens is 348 g/mol. The van der Waals surface area contributed by atoms with Crippen LogP contribution in [0.3, 0.4) is 0 Å². The normalized spacial score (nSPS) is 31.5. The summed E-state index contributed by atoms with van der Waals surface area (Å²) in [7, 11) is 0. The van der Waals surface area contributed by atoms with Gasteiger partial charge < -0.3 is 15.7 Å². The lowest BCUT2D eigenvalue weighted by atomic mass is 9.49. The lowest BCUT2D eigenvalue weighted by molar-refractivity contribution is -0.127. The van der Waals surface area contributed by atoms with Crippen LogP contribution in [0.5, 0.6) is 0 Å². The highest BCUT2D eigenvalue weighted by atomic mass is 32.1. The average Bonchev–Trinajstić information content (AvgIpc) is 2.52. The van der Waals surface area contributed by atoms with Gasteiger partial charge in [0, 0.05) is 12.1 Å². The predicted molar refractivity (Wildman–Crippen MR) is 103 cm³/mol. The van der Waals surface area contributed by atoms with Crippen molar-refractivity contribution in [2.75, 3.05) is 5.32 Å². The van der Waals surface area contributed by atoms with Crippen molar-refractivity contribution in [3.05, 3.63) is 29.8 Å². The maximum atomic E-state index is 12.6. The molecule has 6 heteroatoms. The second kappa shape index (κ2) is 6.65. The molecule has 138 valence electrons. The first-order valence-corrected chi connectivity index (χ1v) is 9.76. The largest absolute Gasteiger partial charge is 0.478 e. The molecule has 4 fully saturated rings. The third kappa shape index (κ3) is 3.61. The summed E-state index contributed by atoms with van der Waals surface area (Å²) < 4.78 is 0. The van der Waals surface area contributed by atoms with E-state index in [0.29, 0.717) is 12.1 Å². The van der Waals surface area contributed by atoms with E-state index in [-0.39, 0.29) is 22.0 Å². The number of anilines is 1. The number of amides is 1.